The van der Waals surface area contributed by atoms with E-state index in [-0.39, 0.29) is 6.61 Å². The van der Waals surface area contributed by atoms with Crippen molar-refractivity contribution < 1.29 is 9.84 Å². The molecule has 1 N–H and O–H groups in total. The zero-order valence-corrected chi connectivity index (χ0v) is 9.98. The predicted molar refractivity (Wildman–Crippen MR) is 64.4 cm³/mol. The Balaban J connectivity index is 2.16. The van der Waals surface area contributed by atoms with Gasteiger partial charge in [0.2, 0.25) is 5.88 Å². The smallest absolute Gasteiger partial charge is 0.213 e. The monoisotopic (exact) mass is 223 g/mol. The molecule has 0 aliphatic rings. The minimum absolute atomic E-state index is 0.0371. The first-order valence-corrected chi connectivity index (χ1v) is 6.05. The van der Waals surface area contributed by atoms with Crippen LogP contribution in [0.2, 0.25) is 0 Å². The Hall–Kier alpha value is -1.09. The van der Waals surface area contributed by atoms with Gasteiger partial charge >= 0.3 is 0 Å². The van der Waals surface area contributed by atoms with E-state index in [0.717, 1.165) is 12.0 Å². The molecule has 0 unspecified atom stereocenters. The van der Waals surface area contributed by atoms with E-state index in [1.54, 1.807) is 18.3 Å². The Bertz CT molecular complexity index is 289. The molecule has 3 heteroatoms. The first-order valence-electron chi connectivity index (χ1n) is 6.05. The Morgan fingerprint density at radius 2 is 2.06 bits per heavy atom. The van der Waals surface area contributed by atoms with E-state index >= 15 is 0 Å². The van der Waals surface area contributed by atoms with Crippen molar-refractivity contribution in [1.82, 2.24) is 4.98 Å². The molecule has 1 heterocycles. The van der Waals surface area contributed by atoms with Crippen molar-refractivity contribution in [2.24, 2.45) is 0 Å². The number of unbranched alkanes of at least 4 members (excludes halogenated alkanes) is 4. The lowest BCUT2D eigenvalue weighted by atomic mass is 10.2. The number of hydrogen-bond donors (Lipinski definition) is 1. The van der Waals surface area contributed by atoms with Gasteiger partial charge < -0.3 is 9.84 Å². The molecular formula is C13H21NO2. The summed E-state index contributed by atoms with van der Waals surface area (Å²) in [6.07, 6.45) is 7.81. The zero-order chi connectivity index (χ0) is 11.6. The molecule has 3 nitrogen and oxygen atoms in total. The second kappa shape index (κ2) is 8.11. The van der Waals surface area contributed by atoms with Gasteiger partial charge in [0, 0.05) is 12.3 Å². The minimum atomic E-state index is 0.0371. The van der Waals surface area contributed by atoms with E-state index < -0.39 is 0 Å². The third-order valence-corrected chi connectivity index (χ3v) is 2.48. The number of pyridine rings is 1. The summed E-state index contributed by atoms with van der Waals surface area (Å²) in [5, 5.41) is 8.95. The van der Waals surface area contributed by atoms with Crippen LogP contribution in [0.25, 0.3) is 0 Å². The second-order valence-electron chi connectivity index (χ2n) is 3.92. The molecule has 0 radical (unpaired) electrons. The average Bonchev–Trinajstić information content (AvgIpc) is 2.34. The largest absolute Gasteiger partial charge is 0.478 e. The number of aromatic nitrogens is 1. The highest BCUT2D eigenvalue weighted by Gasteiger charge is 1.97. The molecule has 90 valence electrons. The fourth-order valence-corrected chi connectivity index (χ4v) is 1.51. The molecule has 1 aromatic rings. The Morgan fingerprint density at radius 3 is 2.81 bits per heavy atom. The van der Waals surface area contributed by atoms with Crippen LogP contribution in [0.1, 0.15) is 44.6 Å². The van der Waals surface area contributed by atoms with Crippen LogP contribution in [-0.4, -0.2) is 16.7 Å². The molecule has 0 fully saturated rings. The van der Waals surface area contributed by atoms with Gasteiger partial charge in [0.15, 0.2) is 0 Å². The molecule has 0 saturated heterocycles. The van der Waals surface area contributed by atoms with Gasteiger partial charge in [-0.3, -0.25) is 0 Å². The van der Waals surface area contributed by atoms with E-state index in [1.807, 2.05) is 0 Å². The zero-order valence-electron chi connectivity index (χ0n) is 9.98. The average molecular weight is 223 g/mol. The number of rotatable bonds is 8. The standard InChI is InChI=1S/C13H21NO2/c1-2-3-4-5-6-9-16-13-10-12(11-15)7-8-14-13/h7-8,10,15H,2-6,9,11H2,1H3. The summed E-state index contributed by atoms with van der Waals surface area (Å²) in [5.41, 5.74) is 0.844. The number of nitrogens with zero attached hydrogens (tertiary/aromatic N) is 1. The van der Waals surface area contributed by atoms with Crippen LogP contribution in [0.3, 0.4) is 0 Å². The van der Waals surface area contributed by atoms with Gasteiger partial charge in [-0.15, -0.1) is 0 Å². The van der Waals surface area contributed by atoms with Crippen LogP contribution in [0.15, 0.2) is 18.3 Å². The molecule has 0 bridgehead atoms. The van der Waals surface area contributed by atoms with Crippen molar-refractivity contribution in [3.63, 3.8) is 0 Å². The van der Waals surface area contributed by atoms with Gasteiger partial charge in [0.1, 0.15) is 0 Å². The summed E-state index contributed by atoms with van der Waals surface area (Å²) in [5.74, 6) is 0.613. The van der Waals surface area contributed by atoms with E-state index in [9.17, 15) is 0 Å². The molecule has 0 aromatic carbocycles. The molecule has 0 saturated carbocycles. The van der Waals surface area contributed by atoms with Gasteiger partial charge in [-0.05, 0) is 18.1 Å². The van der Waals surface area contributed by atoms with E-state index in [0.29, 0.717) is 12.5 Å². The summed E-state index contributed by atoms with van der Waals surface area (Å²) < 4.78 is 5.51. The normalized spacial score (nSPS) is 10.4. The van der Waals surface area contributed by atoms with E-state index in [2.05, 4.69) is 11.9 Å². The quantitative estimate of drug-likeness (QED) is 0.689. The molecule has 0 spiro atoms. The molecule has 0 atom stereocenters. The molecule has 1 rings (SSSR count). The Labute approximate surface area is 97.5 Å². The highest BCUT2D eigenvalue weighted by molar-refractivity contribution is 5.19. The lowest BCUT2D eigenvalue weighted by molar-refractivity contribution is 0.275. The Morgan fingerprint density at radius 1 is 1.25 bits per heavy atom. The van der Waals surface area contributed by atoms with Gasteiger partial charge in [-0.1, -0.05) is 32.6 Å². The Kier molecular flexibility index (Phi) is 6.58. The van der Waals surface area contributed by atoms with E-state index in [4.69, 9.17) is 9.84 Å². The molecular weight excluding hydrogens is 202 g/mol. The van der Waals surface area contributed by atoms with Crippen LogP contribution in [0.5, 0.6) is 5.88 Å². The molecule has 16 heavy (non-hydrogen) atoms. The lowest BCUT2D eigenvalue weighted by Gasteiger charge is -2.05. The topological polar surface area (TPSA) is 42.4 Å². The van der Waals surface area contributed by atoms with Crippen molar-refractivity contribution >= 4 is 0 Å². The fourth-order valence-electron chi connectivity index (χ4n) is 1.51. The van der Waals surface area contributed by atoms with Crippen molar-refractivity contribution in [2.45, 2.75) is 45.6 Å². The van der Waals surface area contributed by atoms with Crippen molar-refractivity contribution in [3.8, 4) is 5.88 Å². The molecule has 1 aromatic heterocycles. The maximum Gasteiger partial charge on any atom is 0.213 e. The molecule has 0 aliphatic carbocycles. The summed E-state index contributed by atoms with van der Waals surface area (Å²) >= 11 is 0. The van der Waals surface area contributed by atoms with Crippen LogP contribution in [0, 0.1) is 0 Å². The predicted octanol–water partition coefficient (Wildman–Crippen LogP) is 2.92. The summed E-state index contributed by atoms with van der Waals surface area (Å²) in [4.78, 5) is 4.09. The van der Waals surface area contributed by atoms with Gasteiger partial charge in [0.05, 0.1) is 13.2 Å². The summed E-state index contributed by atoms with van der Waals surface area (Å²) in [6.45, 7) is 2.96. The van der Waals surface area contributed by atoms with Crippen LogP contribution < -0.4 is 4.74 Å². The molecule has 0 amide bonds. The van der Waals surface area contributed by atoms with Crippen LogP contribution >= 0.6 is 0 Å². The van der Waals surface area contributed by atoms with Crippen molar-refractivity contribution in [2.75, 3.05) is 6.61 Å². The second-order valence-corrected chi connectivity index (χ2v) is 3.92. The fraction of sp³-hybridized carbons (Fsp3) is 0.615. The third-order valence-electron chi connectivity index (χ3n) is 2.48. The third kappa shape index (κ3) is 5.12. The van der Waals surface area contributed by atoms with Crippen LogP contribution in [-0.2, 0) is 6.61 Å². The number of ether oxygens (including phenoxy) is 1. The summed E-state index contributed by atoms with van der Waals surface area (Å²) in [7, 11) is 0. The first-order chi connectivity index (χ1) is 7.86. The SMILES string of the molecule is CCCCCCCOc1cc(CO)ccn1. The van der Waals surface area contributed by atoms with Gasteiger partial charge in [-0.25, -0.2) is 4.98 Å². The maximum atomic E-state index is 8.95. The van der Waals surface area contributed by atoms with Gasteiger partial charge in [0.25, 0.3) is 0 Å². The van der Waals surface area contributed by atoms with E-state index in [1.165, 1.54) is 25.7 Å². The van der Waals surface area contributed by atoms with Crippen molar-refractivity contribution in [3.05, 3.63) is 23.9 Å². The maximum absolute atomic E-state index is 8.95. The number of aliphatic hydroxyl groups excluding tert-OH is 1. The minimum Gasteiger partial charge on any atom is -0.478 e. The van der Waals surface area contributed by atoms with Gasteiger partial charge in [-0.2, -0.15) is 0 Å². The lowest BCUT2D eigenvalue weighted by Crippen LogP contribution is -1.99. The molecule has 0 aliphatic heterocycles. The number of aliphatic hydroxyl groups is 1. The summed E-state index contributed by atoms with van der Waals surface area (Å²) in [6, 6.07) is 3.57. The van der Waals surface area contributed by atoms with Crippen molar-refractivity contribution in [1.29, 1.82) is 0 Å². The number of hydrogen-bond acceptors (Lipinski definition) is 3. The first kappa shape index (κ1) is 13.0. The van der Waals surface area contributed by atoms with Crippen LogP contribution in [0.4, 0.5) is 0 Å². The highest BCUT2D eigenvalue weighted by Crippen LogP contribution is 2.10. The highest BCUT2D eigenvalue weighted by atomic mass is 16.5.